The van der Waals surface area contributed by atoms with E-state index in [1.807, 2.05) is 6.92 Å². The van der Waals surface area contributed by atoms with Crippen molar-refractivity contribution in [2.75, 3.05) is 7.11 Å². The molecule has 0 bridgehead atoms. The molecule has 3 unspecified atom stereocenters. The lowest BCUT2D eigenvalue weighted by Gasteiger charge is -2.16. The zero-order chi connectivity index (χ0) is 14.9. The second-order valence-electron chi connectivity index (χ2n) is 5.34. The Morgan fingerprint density at radius 1 is 1.30 bits per heavy atom. The van der Waals surface area contributed by atoms with Crippen LogP contribution < -0.4 is 4.74 Å². The van der Waals surface area contributed by atoms with Crippen LogP contribution in [0.5, 0.6) is 5.75 Å². The molecule has 0 radical (unpaired) electrons. The van der Waals surface area contributed by atoms with Gasteiger partial charge in [-0.05, 0) is 37.0 Å². The fourth-order valence-electron chi connectivity index (χ4n) is 2.93. The molecule has 1 saturated carbocycles. The van der Waals surface area contributed by atoms with Crippen molar-refractivity contribution in [2.45, 2.75) is 19.8 Å². The van der Waals surface area contributed by atoms with Crippen LogP contribution in [0.1, 0.15) is 30.1 Å². The highest BCUT2D eigenvalue weighted by Gasteiger charge is 2.42. The fraction of sp³-hybridized carbons (Fsp3) is 0.467. The number of ether oxygens (including phenoxy) is 1. The van der Waals surface area contributed by atoms with Crippen molar-refractivity contribution in [2.24, 2.45) is 17.8 Å². The molecule has 0 saturated heterocycles. The molecule has 0 aliphatic heterocycles. The summed E-state index contributed by atoms with van der Waals surface area (Å²) in [4.78, 5) is 23.9. The van der Waals surface area contributed by atoms with Gasteiger partial charge >= 0.3 is 5.97 Å². The number of hydrogen-bond acceptors (Lipinski definition) is 3. The van der Waals surface area contributed by atoms with Crippen molar-refractivity contribution < 1.29 is 19.4 Å². The number of methoxy groups -OCH3 is 1. The Hall–Kier alpha value is -1.55. The van der Waals surface area contributed by atoms with Gasteiger partial charge in [-0.15, -0.1) is 0 Å². The van der Waals surface area contributed by atoms with E-state index in [0.717, 1.165) is 0 Å². The quantitative estimate of drug-likeness (QED) is 0.866. The monoisotopic (exact) mass is 296 g/mol. The van der Waals surface area contributed by atoms with E-state index < -0.39 is 17.8 Å². The number of benzene rings is 1. The number of aliphatic carboxylic acids is 1. The standard InChI is InChI=1S/C15H17ClO4/c1-8-5-10(11(6-8)15(18)19)14(17)12-7-9(16)3-4-13(12)20-2/h3-4,7-8,10-11H,5-6H2,1-2H3,(H,18,19). The first kappa shape index (κ1) is 14.9. The van der Waals surface area contributed by atoms with Crippen LogP contribution in [0.4, 0.5) is 0 Å². The van der Waals surface area contributed by atoms with Crippen molar-refractivity contribution in [1.29, 1.82) is 0 Å². The lowest BCUT2D eigenvalue weighted by atomic mass is 9.88. The van der Waals surface area contributed by atoms with Gasteiger partial charge in [0.05, 0.1) is 18.6 Å². The Morgan fingerprint density at radius 2 is 1.95 bits per heavy atom. The second-order valence-corrected chi connectivity index (χ2v) is 5.77. The summed E-state index contributed by atoms with van der Waals surface area (Å²) in [6.07, 6.45) is 1.13. The van der Waals surface area contributed by atoms with E-state index in [0.29, 0.717) is 29.2 Å². The largest absolute Gasteiger partial charge is 0.496 e. The molecular formula is C15H17ClO4. The Kier molecular flexibility index (Phi) is 4.33. The van der Waals surface area contributed by atoms with Gasteiger partial charge in [0.1, 0.15) is 5.75 Å². The summed E-state index contributed by atoms with van der Waals surface area (Å²) in [5, 5.41) is 9.71. The summed E-state index contributed by atoms with van der Waals surface area (Å²) in [5.74, 6) is -1.57. The summed E-state index contributed by atoms with van der Waals surface area (Å²) >= 11 is 5.93. The SMILES string of the molecule is COc1ccc(Cl)cc1C(=O)C1CC(C)CC1C(=O)O. The van der Waals surface area contributed by atoms with Gasteiger partial charge in [0.2, 0.25) is 0 Å². The number of carboxylic acids is 1. The van der Waals surface area contributed by atoms with Crippen LogP contribution in [0, 0.1) is 17.8 Å². The van der Waals surface area contributed by atoms with Gasteiger partial charge in [0.15, 0.2) is 5.78 Å². The van der Waals surface area contributed by atoms with E-state index >= 15 is 0 Å². The predicted octanol–water partition coefficient (Wildman–Crippen LogP) is 3.28. The van der Waals surface area contributed by atoms with E-state index in [4.69, 9.17) is 16.3 Å². The van der Waals surface area contributed by atoms with Crippen molar-refractivity contribution in [3.63, 3.8) is 0 Å². The third kappa shape index (κ3) is 2.80. The second kappa shape index (κ2) is 5.83. The van der Waals surface area contributed by atoms with E-state index in [9.17, 15) is 14.7 Å². The van der Waals surface area contributed by atoms with Crippen molar-refractivity contribution in [1.82, 2.24) is 0 Å². The molecule has 1 aromatic carbocycles. The van der Waals surface area contributed by atoms with Gasteiger partial charge in [-0.1, -0.05) is 18.5 Å². The summed E-state index contributed by atoms with van der Waals surface area (Å²) in [6.45, 7) is 1.97. The minimum Gasteiger partial charge on any atom is -0.496 e. The first-order valence-corrected chi connectivity index (χ1v) is 6.92. The molecule has 1 N–H and O–H groups in total. The summed E-state index contributed by atoms with van der Waals surface area (Å²) in [6, 6.07) is 4.82. The van der Waals surface area contributed by atoms with Crippen LogP contribution in [0.3, 0.4) is 0 Å². The maximum Gasteiger partial charge on any atom is 0.307 e. The molecule has 1 aliphatic rings. The zero-order valence-electron chi connectivity index (χ0n) is 11.4. The van der Waals surface area contributed by atoms with Crippen LogP contribution in [0.15, 0.2) is 18.2 Å². The molecule has 20 heavy (non-hydrogen) atoms. The summed E-state index contributed by atoms with van der Waals surface area (Å²) in [7, 11) is 1.48. The number of Topliss-reactive ketones (excluding diaryl/α,β-unsaturated/α-hetero) is 1. The molecular weight excluding hydrogens is 280 g/mol. The van der Waals surface area contributed by atoms with Gasteiger partial charge in [0.25, 0.3) is 0 Å². The molecule has 0 amide bonds. The lowest BCUT2D eigenvalue weighted by Crippen LogP contribution is -2.25. The maximum atomic E-state index is 12.6. The molecule has 5 heteroatoms. The number of carboxylic acid groups (broad SMARTS) is 1. The molecule has 4 nitrogen and oxygen atoms in total. The topological polar surface area (TPSA) is 63.6 Å². The Bertz CT molecular complexity index is 541. The van der Waals surface area contributed by atoms with Crippen LogP contribution in [-0.4, -0.2) is 24.0 Å². The molecule has 108 valence electrons. The third-order valence-corrected chi connectivity index (χ3v) is 4.11. The molecule has 0 aromatic heterocycles. The Balaban J connectivity index is 2.35. The van der Waals surface area contributed by atoms with Gasteiger partial charge in [-0.25, -0.2) is 0 Å². The lowest BCUT2D eigenvalue weighted by molar-refractivity contribution is -0.142. The molecule has 3 atom stereocenters. The molecule has 0 heterocycles. The minimum atomic E-state index is -0.909. The van der Waals surface area contributed by atoms with Crippen molar-refractivity contribution in [3.8, 4) is 5.75 Å². The summed E-state index contributed by atoms with van der Waals surface area (Å²) in [5.41, 5.74) is 0.366. The maximum absolute atomic E-state index is 12.6. The zero-order valence-corrected chi connectivity index (χ0v) is 12.2. The van der Waals surface area contributed by atoms with Crippen LogP contribution in [0.2, 0.25) is 5.02 Å². The van der Waals surface area contributed by atoms with Crippen LogP contribution in [0.25, 0.3) is 0 Å². The highest BCUT2D eigenvalue weighted by molar-refractivity contribution is 6.31. The molecule has 1 fully saturated rings. The molecule has 2 rings (SSSR count). The number of hydrogen-bond donors (Lipinski definition) is 1. The minimum absolute atomic E-state index is 0.193. The van der Waals surface area contributed by atoms with Gasteiger partial charge in [-0.2, -0.15) is 0 Å². The number of carbonyl (C=O) groups is 2. The number of ketones is 1. The van der Waals surface area contributed by atoms with E-state index in [1.165, 1.54) is 7.11 Å². The highest BCUT2D eigenvalue weighted by Crippen LogP contribution is 2.40. The Morgan fingerprint density at radius 3 is 2.55 bits per heavy atom. The van der Waals surface area contributed by atoms with Crippen molar-refractivity contribution >= 4 is 23.4 Å². The van der Waals surface area contributed by atoms with Crippen molar-refractivity contribution in [3.05, 3.63) is 28.8 Å². The molecule has 0 spiro atoms. The van der Waals surface area contributed by atoms with Crippen LogP contribution >= 0.6 is 11.6 Å². The van der Waals surface area contributed by atoms with E-state index in [2.05, 4.69) is 0 Å². The normalized spacial score (nSPS) is 25.4. The fourth-order valence-corrected chi connectivity index (χ4v) is 3.10. The van der Waals surface area contributed by atoms with E-state index in [1.54, 1.807) is 18.2 Å². The number of halogens is 1. The highest BCUT2D eigenvalue weighted by atomic mass is 35.5. The first-order valence-electron chi connectivity index (χ1n) is 6.54. The van der Waals surface area contributed by atoms with E-state index in [-0.39, 0.29) is 11.7 Å². The van der Waals surface area contributed by atoms with Crippen LogP contribution in [-0.2, 0) is 4.79 Å². The van der Waals surface area contributed by atoms with Gasteiger partial charge < -0.3 is 9.84 Å². The average molecular weight is 297 g/mol. The Labute approximate surface area is 122 Å². The molecule has 1 aliphatic carbocycles. The number of carbonyl (C=O) groups excluding carboxylic acids is 1. The number of rotatable bonds is 4. The third-order valence-electron chi connectivity index (χ3n) is 3.88. The average Bonchev–Trinajstić information content (AvgIpc) is 2.80. The summed E-state index contributed by atoms with van der Waals surface area (Å²) < 4.78 is 5.18. The van der Waals surface area contributed by atoms with Gasteiger partial charge in [-0.3, -0.25) is 9.59 Å². The van der Waals surface area contributed by atoms with Gasteiger partial charge in [0, 0.05) is 10.9 Å². The smallest absolute Gasteiger partial charge is 0.307 e. The molecule has 1 aromatic rings. The first-order chi connectivity index (χ1) is 9.43. The predicted molar refractivity (Wildman–Crippen MR) is 75.3 cm³/mol.